The van der Waals surface area contributed by atoms with Gasteiger partial charge in [0, 0.05) is 13.2 Å². The Labute approximate surface area is 147 Å². The molecule has 0 fully saturated rings. The van der Waals surface area contributed by atoms with Gasteiger partial charge in [-0.15, -0.1) is 0 Å². The molecule has 0 atom stereocenters. The predicted octanol–water partition coefficient (Wildman–Crippen LogP) is 4.59. The van der Waals surface area contributed by atoms with E-state index in [9.17, 15) is 4.79 Å². The number of nitrogens with one attached hydrogen (secondary N) is 1. The Balaban J connectivity index is 2.00. The number of halogens is 1. The summed E-state index contributed by atoms with van der Waals surface area (Å²) >= 11 is 6.19. The Morgan fingerprint density at radius 1 is 1.21 bits per heavy atom. The molecule has 2 aromatic carbocycles. The lowest BCUT2D eigenvalue weighted by Gasteiger charge is -2.10. The van der Waals surface area contributed by atoms with Crippen molar-refractivity contribution >= 4 is 29.3 Å². The van der Waals surface area contributed by atoms with Gasteiger partial charge in [0.1, 0.15) is 5.75 Å². The summed E-state index contributed by atoms with van der Waals surface area (Å²) in [4.78, 5) is 12.1. The fourth-order valence-corrected chi connectivity index (χ4v) is 2.58. The summed E-state index contributed by atoms with van der Waals surface area (Å²) in [5.41, 5.74) is 3.52. The minimum absolute atomic E-state index is 0.203. The summed E-state index contributed by atoms with van der Waals surface area (Å²) < 4.78 is 10.1. The van der Waals surface area contributed by atoms with E-state index < -0.39 is 0 Å². The molecule has 0 aliphatic carbocycles. The molecule has 0 spiro atoms. The molecule has 0 radical (unpaired) electrons. The first-order valence-electron chi connectivity index (χ1n) is 7.47. The molecule has 4 nitrogen and oxygen atoms in total. The van der Waals surface area contributed by atoms with Crippen molar-refractivity contribution in [3.63, 3.8) is 0 Å². The van der Waals surface area contributed by atoms with E-state index in [1.54, 1.807) is 13.2 Å². The Kier molecular flexibility index (Phi) is 6.41. The Morgan fingerprint density at radius 2 is 1.92 bits per heavy atom. The van der Waals surface area contributed by atoms with Gasteiger partial charge in [-0.05, 0) is 54.8 Å². The van der Waals surface area contributed by atoms with Gasteiger partial charge in [0.25, 0.3) is 0 Å². The van der Waals surface area contributed by atoms with E-state index in [0.717, 1.165) is 16.7 Å². The molecule has 0 aliphatic heterocycles. The van der Waals surface area contributed by atoms with Crippen molar-refractivity contribution in [3.05, 3.63) is 64.2 Å². The van der Waals surface area contributed by atoms with Crippen LogP contribution in [0.3, 0.4) is 0 Å². The van der Waals surface area contributed by atoms with Crippen LogP contribution < -0.4 is 10.1 Å². The molecule has 126 valence electrons. The number of hydrogen-bond donors (Lipinski definition) is 1. The summed E-state index contributed by atoms with van der Waals surface area (Å²) in [6, 6.07) is 11.2. The van der Waals surface area contributed by atoms with Crippen molar-refractivity contribution in [1.29, 1.82) is 0 Å². The quantitative estimate of drug-likeness (QED) is 0.615. The first-order valence-corrected chi connectivity index (χ1v) is 7.85. The number of aryl methyl sites for hydroxylation is 2. The van der Waals surface area contributed by atoms with E-state index in [2.05, 4.69) is 5.32 Å². The fraction of sp³-hybridized carbons (Fsp3) is 0.211. The van der Waals surface area contributed by atoms with Gasteiger partial charge in [0.2, 0.25) is 5.91 Å². The Bertz CT molecular complexity index is 716. The van der Waals surface area contributed by atoms with Crippen LogP contribution in [0.1, 0.15) is 16.7 Å². The van der Waals surface area contributed by atoms with E-state index in [1.807, 2.05) is 50.2 Å². The summed E-state index contributed by atoms with van der Waals surface area (Å²) in [6.45, 7) is 4.08. The zero-order chi connectivity index (χ0) is 17.5. The van der Waals surface area contributed by atoms with E-state index in [-0.39, 0.29) is 12.7 Å². The number of rotatable bonds is 6. The molecule has 0 unspecified atom stereocenters. The highest BCUT2D eigenvalue weighted by molar-refractivity contribution is 6.34. The summed E-state index contributed by atoms with van der Waals surface area (Å²) in [7, 11) is 1.57. The average molecular weight is 346 g/mol. The molecule has 0 heterocycles. The van der Waals surface area contributed by atoms with Crippen LogP contribution in [0.15, 0.2) is 42.5 Å². The van der Waals surface area contributed by atoms with Gasteiger partial charge in [-0.25, -0.2) is 0 Å². The Morgan fingerprint density at radius 3 is 2.54 bits per heavy atom. The number of carbonyl (C=O) groups excluding carboxylic acids is 1. The first-order chi connectivity index (χ1) is 11.5. The maximum Gasteiger partial charge on any atom is 0.248 e. The van der Waals surface area contributed by atoms with Crippen LogP contribution in [-0.2, 0) is 9.53 Å². The first kappa shape index (κ1) is 18.0. The van der Waals surface area contributed by atoms with Gasteiger partial charge < -0.3 is 14.8 Å². The Hall–Kier alpha value is -2.30. The van der Waals surface area contributed by atoms with Gasteiger partial charge in [-0.3, -0.25) is 4.79 Å². The lowest BCUT2D eigenvalue weighted by molar-refractivity contribution is -0.111. The van der Waals surface area contributed by atoms with Gasteiger partial charge in [-0.1, -0.05) is 29.8 Å². The second-order valence-corrected chi connectivity index (χ2v) is 5.79. The molecule has 0 bridgehead atoms. The maximum absolute atomic E-state index is 12.1. The topological polar surface area (TPSA) is 47.6 Å². The molecular weight excluding hydrogens is 326 g/mol. The number of anilines is 1. The van der Waals surface area contributed by atoms with Gasteiger partial charge in [-0.2, -0.15) is 0 Å². The van der Waals surface area contributed by atoms with E-state index in [4.69, 9.17) is 21.1 Å². The smallest absolute Gasteiger partial charge is 0.248 e. The number of ether oxygens (including phenoxy) is 2. The predicted molar refractivity (Wildman–Crippen MR) is 97.5 cm³/mol. The minimum atomic E-state index is -0.233. The molecule has 2 rings (SSSR count). The second-order valence-electron chi connectivity index (χ2n) is 5.38. The van der Waals surface area contributed by atoms with Crippen molar-refractivity contribution in [2.75, 3.05) is 19.2 Å². The molecular formula is C19H20ClNO3. The third-order valence-corrected chi connectivity index (χ3v) is 3.63. The van der Waals surface area contributed by atoms with Crippen LogP contribution in [0.25, 0.3) is 6.08 Å². The van der Waals surface area contributed by atoms with Gasteiger partial charge in [0.05, 0.1) is 10.7 Å². The molecule has 0 saturated carbocycles. The zero-order valence-electron chi connectivity index (χ0n) is 13.9. The molecule has 24 heavy (non-hydrogen) atoms. The van der Waals surface area contributed by atoms with Gasteiger partial charge in [0.15, 0.2) is 6.79 Å². The van der Waals surface area contributed by atoms with Crippen LogP contribution in [0.4, 0.5) is 5.69 Å². The minimum Gasteiger partial charge on any atom is -0.468 e. The molecule has 5 heteroatoms. The zero-order valence-corrected chi connectivity index (χ0v) is 14.7. The largest absolute Gasteiger partial charge is 0.468 e. The molecule has 0 saturated heterocycles. The van der Waals surface area contributed by atoms with Crippen molar-refractivity contribution in [2.24, 2.45) is 0 Å². The lowest BCUT2D eigenvalue weighted by atomic mass is 10.1. The van der Waals surface area contributed by atoms with E-state index >= 15 is 0 Å². The SMILES string of the molecule is COCOc1ccc(/C=C/C(=O)Nc2c(C)cc(C)cc2Cl)cc1. The molecule has 0 aliphatic rings. The van der Waals surface area contributed by atoms with E-state index in [1.165, 1.54) is 6.08 Å². The summed E-state index contributed by atoms with van der Waals surface area (Å²) in [5.74, 6) is 0.476. The second kappa shape index (κ2) is 8.52. The fourth-order valence-electron chi connectivity index (χ4n) is 2.21. The molecule has 1 N–H and O–H groups in total. The summed E-state index contributed by atoms with van der Waals surface area (Å²) in [6.07, 6.45) is 3.20. The molecule has 1 amide bonds. The lowest BCUT2D eigenvalue weighted by Crippen LogP contribution is -2.09. The van der Waals surface area contributed by atoms with Crippen LogP contribution in [0.5, 0.6) is 5.75 Å². The van der Waals surface area contributed by atoms with Crippen LogP contribution in [0.2, 0.25) is 5.02 Å². The van der Waals surface area contributed by atoms with E-state index in [0.29, 0.717) is 16.5 Å². The van der Waals surface area contributed by atoms with Crippen molar-refractivity contribution in [2.45, 2.75) is 13.8 Å². The highest BCUT2D eigenvalue weighted by atomic mass is 35.5. The van der Waals surface area contributed by atoms with Crippen LogP contribution in [-0.4, -0.2) is 19.8 Å². The number of methoxy groups -OCH3 is 1. The van der Waals surface area contributed by atoms with Gasteiger partial charge >= 0.3 is 0 Å². The van der Waals surface area contributed by atoms with Crippen molar-refractivity contribution < 1.29 is 14.3 Å². The van der Waals surface area contributed by atoms with Crippen LogP contribution in [0, 0.1) is 13.8 Å². The highest BCUT2D eigenvalue weighted by Gasteiger charge is 2.07. The van der Waals surface area contributed by atoms with Crippen molar-refractivity contribution in [1.82, 2.24) is 0 Å². The van der Waals surface area contributed by atoms with Crippen molar-refractivity contribution in [3.8, 4) is 5.75 Å². The number of benzene rings is 2. The third kappa shape index (κ3) is 5.11. The molecule has 2 aromatic rings. The third-order valence-electron chi connectivity index (χ3n) is 3.33. The maximum atomic E-state index is 12.1. The normalized spacial score (nSPS) is 10.8. The molecule has 0 aromatic heterocycles. The monoisotopic (exact) mass is 345 g/mol. The van der Waals surface area contributed by atoms with Crippen LogP contribution >= 0.6 is 11.6 Å². The summed E-state index contributed by atoms with van der Waals surface area (Å²) in [5, 5.41) is 3.35. The standard InChI is InChI=1S/C19H20ClNO3/c1-13-10-14(2)19(17(20)11-13)21-18(22)9-6-15-4-7-16(8-5-15)24-12-23-3/h4-11H,12H2,1-3H3,(H,21,22)/b9-6+. The number of amides is 1. The number of hydrogen-bond acceptors (Lipinski definition) is 3. The average Bonchev–Trinajstić information content (AvgIpc) is 2.55. The highest BCUT2D eigenvalue weighted by Crippen LogP contribution is 2.27. The number of carbonyl (C=O) groups is 1.